The van der Waals surface area contributed by atoms with Gasteiger partial charge in [0.2, 0.25) is 0 Å². The highest BCUT2D eigenvalue weighted by atomic mass is 35.5. The molecule has 0 saturated carbocycles. The first kappa shape index (κ1) is 20.4. The summed E-state index contributed by atoms with van der Waals surface area (Å²) in [5.74, 6) is 0.180. The Labute approximate surface area is 175 Å². The fourth-order valence-electron chi connectivity index (χ4n) is 3.04. The minimum Gasteiger partial charge on any atom is -0.495 e. The number of anilines is 2. The van der Waals surface area contributed by atoms with E-state index < -0.39 is 0 Å². The SMILES string of the molecule is COc1ccc(C(=O)NC(=S)Nc2ccccc2N2CCN(C)CC2)cc1Cl. The third-order valence-electron chi connectivity index (χ3n) is 4.64. The molecule has 148 valence electrons. The van der Waals surface area contributed by atoms with Crippen molar-refractivity contribution in [2.24, 2.45) is 0 Å². The van der Waals surface area contributed by atoms with E-state index in [1.54, 1.807) is 18.2 Å². The maximum absolute atomic E-state index is 12.5. The quantitative estimate of drug-likeness (QED) is 0.743. The summed E-state index contributed by atoms with van der Waals surface area (Å²) in [6, 6.07) is 12.8. The number of piperazine rings is 1. The molecule has 2 aromatic carbocycles. The molecule has 1 saturated heterocycles. The first-order valence-corrected chi connectivity index (χ1v) is 9.75. The molecular formula is C20H23ClN4O2S. The third-order valence-corrected chi connectivity index (χ3v) is 5.14. The van der Waals surface area contributed by atoms with Crippen LogP contribution in [0.1, 0.15) is 10.4 Å². The Morgan fingerprint density at radius 1 is 1.14 bits per heavy atom. The van der Waals surface area contributed by atoms with Crippen molar-refractivity contribution in [3.05, 3.63) is 53.1 Å². The Morgan fingerprint density at radius 2 is 1.86 bits per heavy atom. The molecule has 2 N–H and O–H groups in total. The minimum atomic E-state index is -0.334. The average molecular weight is 419 g/mol. The number of ether oxygens (including phenoxy) is 1. The molecule has 1 aliphatic rings. The van der Waals surface area contributed by atoms with Crippen LogP contribution in [0.25, 0.3) is 0 Å². The fraction of sp³-hybridized carbons (Fsp3) is 0.300. The summed E-state index contributed by atoms with van der Waals surface area (Å²) in [5.41, 5.74) is 2.34. The Balaban J connectivity index is 1.66. The summed E-state index contributed by atoms with van der Waals surface area (Å²) in [7, 11) is 3.65. The monoisotopic (exact) mass is 418 g/mol. The zero-order valence-electron chi connectivity index (χ0n) is 15.9. The lowest BCUT2D eigenvalue weighted by Crippen LogP contribution is -2.45. The van der Waals surface area contributed by atoms with E-state index in [1.807, 2.05) is 18.2 Å². The number of thiocarbonyl (C=S) groups is 1. The molecule has 8 heteroatoms. The molecular weight excluding hydrogens is 396 g/mol. The first-order chi connectivity index (χ1) is 13.5. The van der Waals surface area contributed by atoms with Gasteiger partial charge >= 0.3 is 0 Å². The van der Waals surface area contributed by atoms with E-state index in [-0.39, 0.29) is 11.0 Å². The number of nitrogens with zero attached hydrogens (tertiary/aromatic N) is 2. The third kappa shape index (κ3) is 4.92. The molecule has 0 spiro atoms. The average Bonchev–Trinajstić information content (AvgIpc) is 2.69. The molecule has 28 heavy (non-hydrogen) atoms. The predicted octanol–water partition coefficient (Wildman–Crippen LogP) is 3.23. The fourth-order valence-corrected chi connectivity index (χ4v) is 3.50. The second-order valence-corrected chi connectivity index (χ2v) is 7.38. The summed E-state index contributed by atoms with van der Waals surface area (Å²) < 4.78 is 5.11. The van der Waals surface area contributed by atoms with Gasteiger partial charge in [0, 0.05) is 31.7 Å². The van der Waals surface area contributed by atoms with Crippen LogP contribution < -0.4 is 20.3 Å². The maximum Gasteiger partial charge on any atom is 0.257 e. The predicted molar refractivity (Wildman–Crippen MR) is 118 cm³/mol. The minimum absolute atomic E-state index is 0.235. The lowest BCUT2D eigenvalue weighted by molar-refractivity contribution is 0.0977. The molecule has 1 heterocycles. The van der Waals surface area contributed by atoms with Crippen molar-refractivity contribution in [3.63, 3.8) is 0 Å². The first-order valence-electron chi connectivity index (χ1n) is 8.96. The molecule has 1 amide bonds. The van der Waals surface area contributed by atoms with Gasteiger partial charge in [-0.25, -0.2) is 0 Å². The van der Waals surface area contributed by atoms with Crippen LogP contribution in [0.15, 0.2) is 42.5 Å². The van der Waals surface area contributed by atoms with Gasteiger partial charge in [-0.15, -0.1) is 0 Å². The van der Waals surface area contributed by atoms with Crippen molar-refractivity contribution in [2.45, 2.75) is 0 Å². The Hall–Kier alpha value is -2.35. The second kappa shape index (κ2) is 9.23. The summed E-state index contributed by atoms with van der Waals surface area (Å²) in [6.07, 6.45) is 0. The number of carbonyl (C=O) groups is 1. The van der Waals surface area contributed by atoms with Crippen LogP contribution in [-0.4, -0.2) is 56.3 Å². The van der Waals surface area contributed by atoms with Crippen LogP contribution in [0.2, 0.25) is 5.02 Å². The highest BCUT2D eigenvalue weighted by Crippen LogP contribution is 2.27. The number of amides is 1. The Morgan fingerprint density at radius 3 is 2.54 bits per heavy atom. The number of rotatable bonds is 4. The Bertz CT molecular complexity index is 869. The molecule has 2 aromatic rings. The number of likely N-dealkylation sites (N-methyl/N-ethyl adjacent to an activating group) is 1. The molecule has 1 fully saturated rings. The molecule has 0 atom stereocenters. The summed E-state index contributed by atoms with van der Waals surface area (Å²) in [4.78, 5) is 17.1. The van der Waals surface area contributed by atoms with Gasteiger partial charge in [0.1, 0.15) is 5.75 Å². The number of halogens is 1. The van der Waals surface area contributed by atoms with Gasteiger partial charge in [-0.2, -0.15) is 0 Å². The van der Waals surface area contributed by atoms with Crippen LogP contribution in [-0.2, 0) is 0 Å². The zero-order chi connectivity index (χ0) is 20.1. The smallest absolute Gasteiger partial charge is 0.257 e. The number of carbonyl (C=O) groups excluding carboxylic acids is 1. The molecule has 0 bridgehead atoms. The standard InChI is InChI=1S/C20H23ClN4O2S/c1-24-9-11-25(12-10-24)17-6-4-3-5-16(17)22-20(28)23-19(26)14-7-8-18(27-2)15(21)13-14/h3-8,13H,9-12H2,1-2H3,(H2,22,23,26,28). The number of benzene rings is 2. The molecule has 3 rings (SSSR count). The van der Waals surface area contributed by atoms with Gasteiger partial charge < -0.3 is 19.9 Å². The van der Waals surface area contributed by atoms with Gasteiger partial charge in [0.25, 0.3) is 5.91 Å². The summed E-state index contributed by atoms with van der Waals surface area (Å²) in [5, 5.41) is 6.45. The highest BCUT2D eigenvalue weighted by molar-refractivity contribution is 7.80. The van der Waals surface area contributed by atoms with E-state index in [0.29, 0.717) is 16.3 Å². The molecule has 0 aliphatic carbocycles. The highest BCUT2D eigenvalue weighted by Gasteiger charge is 2.18. The van der Waals surface area contributed by atoms with Gasteiger partial charge in [-0.1, -0.05) is 23.7 Å². The summed E-state index contributed by atoms with van der Waals surface area (Å²) in [6.45, 7) is 3.90. The second-order valence-electron chi connectivity index (χ2n) is 6.57. The molecule has 1 aliphatic heterocycles. The zero-order valence-corrected chi connectivity index (χ0v) is 17.4. The van der Waals surface area contributed by atoms with E-state index in [4.69, 9.17) is 28.6 Å². The van der Waals surface area contributed by atoms with E-state index in [9.17, 15) is 4.79 Å². The maximum atomic E-state index is 12.5. The van der Waals surface area contributed by atoms with E-state index in [0.717, 1.165) is 37.6 Å². The van der Waals surface area contributed by atoms with Crippen LogP contribution in [0.3, 0.4) is 0 Å². The number of nitrogens with one attached hydrogen (secondary N) is 2. The number of hydrogen-bond acceptors (Lipinski definition) is 5. The number of methoxy groups -OCH3 is 1. The summed E-state index contributed by atoms with van der Waals surface area (Å²) >= 11 is 11.4. The van der Waals surface area contributed by atoms with Crippen LogP contribution in [0.5, 0.6) is 5.75 Å². The lowest BCUT2D eigenvalue weighted by atomic mass is 10.2. The van der Waals surface area contributed by atoms with Gasteiger partial charge in [-0.05, 0) is 49.6 Å². The van der Waals surface area contributed by atoms with Crippen molar-refractivity contribution in [3.8, 4) is 5.75 Å². The van der Waals surface area contributed by atoms with Crippen LogP contribution in [0, 0.1) is 0 Å². The van der Waals surface area contributed by atoms with Gasteiger partial charge in [-0.3, -0.25) is 10.1 Å². The van der Waals surface area contributed by atoms with Crippen molar-refractivity contribution in [1.29, 1.82) is 0 Å². The largest absolute Gasteiger partial charge is 0.495 e. The van der Waals surface area contributed by atoms with Crippen LogP contribution >= 0.6 is 23.8 Å². The molecule has 6 nitrogen and oxygen atoms in total. The van der Waals surface area contributed by atoms with Crippen molar-refractivity contribution in [1.82, 2.24) is 10.2 Å². The number of para-hydroxylation sites is 2. The topological polar surface area (TPSA) is 56.8 Å². The van der Waals surface area contributed by atoms with Crippen molar-refractivity contribution in [2.75, 3.05) is 50.6 Å². The van der Waals surface area contributed by atoms with Crippen LogP contribution in [0.4, 0.5) is 11.4 Å². The van der Waals surface area contributed by atoms with E-state index in [1.165, 1.54) is 7.11 Å². The van der Waals surface area contributed by atoms with Crippen molar-refractivity contribution < 1.29 is 9.53 Å². The Kier molecular flexibility index (Phi) is 6.72. The normalized spacial score (nSPS) is 14.5. The van der Waals surface area contributed by atoms with E-state index in [2.05, 4.69) is 33.5 Å². The molecule has 0 radical (unpaired) electrons. The van der Waals surface area contributed by atoms with Gasteiger partial charge in [0.05, 0.1) is 23.5 Å². The molecule has 0 aromatic heterocycles. The number of hydrogen-bond donors (Lipinski definition) is 2. The lowest BCUT2D eigenvalue weighted by Gasteiger charge is -2.35. The van der Waals surface area contributed by atoms with E-state index >= 15 is 0 Å². The van der Waals surface area contributed by atoms with Crippen molar-refractivity contribution >= 4 is 46.2 Å². The molecule has 0 unspecified atom stereocenters. The van der Waals surface area contributed by atoms with Gasteiger partial charge in [0.15, 0.2) is 5.11 Å².